The Kier molecular flexibility index (Phi) is 6.97. The molecule has 0 atom stereocenters. The van der Waals surface area contributed by atoms with Gasteiger partial charge in [0.1, 0.15) is 25.6 Å². The van der Waals surface area contributed by atoms with Crippen LogP contribution in [0.15, 0.2) is 65.6 Å². The van der Waals surface area contributed by atoms with Crippen molar-refractivity contribution in [2.45, 2.75) is 4.90 Å². The number of hydrogen-bond acceptors (Lipinski definition) is 7. The molecule has 3 aromatic rings. The summed E-state index contributed by atoms with van der Waals surface area (Å²) in [5, 5.41) is 2.65. The van der Waals surface area contributed by atoms with Crippen molar-refractivity contribution in [2.24, 2.45) is 0 Å². The number of fused-ring (bicyclic) bond motifs is 1. The topological polar surface area (TPSA) is 103 Å². The molecule has 0 aliphatic carbocycles. The van der Waals surface area contributed by atoms with Gasteiger partial charge in [0.25, 0.3) is 10.0 Å². The third-order valence-corrected chi connectivity index (χ3v) is 6.94. The maximum absolute atomic E-state index is 13.6. The summed E-state index contributed by atoms with van der Waals surface area (Å²) in [5.41, 5.74) is 0.493. The Morgan fingerprint density at radius 2 is 1.63 bits per heavy atom. The zero-order valence-electron chi connectivity index (χ0n) is 19.0. The van der Waals surface area contributed by atoms with Crippen LogP contribution in [0.5, 0.6) is 23.0 Å². The molecule has 1 amide bonds. The van der Waals surface area contributed by atoms with E-state index in [1.807, 2.05) is 0 Å². The Balaban J connectivity index is 1.64. The van der Waals surface area contributed by atoms with Gasteiger partial charge in [-0.15, -0.1) is 0 Å². The molecule has 9 nitrogen and oxygen atoms in total. The summed E-state index contributed by atoms with van der Waals surface area (Å²) in [4.78, 5) is 12.8. The molecule has 1 aliphatic heterocycles. The van der Waals surface area contributed by atoms with Gasteiger partial charge in [-0.05, 0) is 48.5 Å². The molecule has 0 aromatic heterocycles. The maximum atomic E-state index is 13.6. The second kappa shape index (κ2) is 10.1. The van der Waals surface area contributed by atoms with Gasteiger partial charge in [0.05, 0.1) is 24.8 Å². The van der Waals surface area contributed by atoms with Gasteiger partial charge in [0.15, 0.2) is 23.0 Å². The standard InChI is InChI=1S/C24H23FN2O7S/c1-31-20-9-5-17(13-22(20)32-2)26-24(28)15-27(18-6-3-16(25)4-7-18)35(29,30)19-8-10-21-23(14-19)34-12-11-33-21/h3-10,13-14H,11-12,15H2,1-2H3,(H,26,28). The number of nitrogens with zero attached hydrogens (tertiary/aromatic N) is 1. The highest BCUT2D eigenvalue weighted by atomic mass is 32.2. The second-order valence-electron chi connectivity index (χ2n) is 7.41. The third kappa shape index (κ3) is 5.24. The fourth-order valence-corrected chi connectivity index (χ4v) is 4.92. The fraction of sp³-hybridized carbons (Fsp3) is 0.208. The fourth-order valence-electron chi connectivity index (χ4n) is 3.48. The molecule has 0 fully saturated rings. The molecule has 35 heavy (non-hydrogen) atoms. The van der Waals surface area contributed by atoms with Gasteiger partial charge in [-0.1, -0.05) is 0 Å². The molecule has 0 saturated carbocycles. The van der Waals surface area contributed by atoms with E-state index >= 15 is 0 Å². The summed E-state index contributed by atoms with van der Waals surface area (Å²) in [6.07, 6.45) is 0. The summed E-state index contributed by atoms with van der Waals surface area (Å²) in [7, 11) is -1.30. The SMILES string of the molecule is COc1ccc(NC(=O)CN(c2ccc(F)cc2)S(=O)(=O)c2ccc3c(c2)OCCO3)cc1OC. The average molecular weight is 503 g/mol. The van der Waals surface area contributed by atoms with E-state index in [-0.39, 0.29) is 22.9 Å². The first-order valence-corrected chi connectivity index (χ1v) is 12.0. The number of rotatable bonds is 8. The maximum Gasteiger partial charge on any atom is 0.264 e. The van der Waals surface area contributed by atoms with E-state index in [2.05, 4.69) is 5.32 Å². The van der Waals surface area contributed by atoms with E-state index < -0.39 is 28.3 Å². The molecule has 1 N–H and O–H groups in total. The summed E-state index contributed by atoms with van der Waals surface area (Å²) >= 11 is 0. The number of halogens is 1. The molecule has 0 saturated heterocycles. The Labute approximate surface area is 202 Å². The smallest absolute Gasteiger partial charge is 0.264 e. The molecular weight excluding hydrogens is 479 g/mol. The van der Waals surface area contributed by atoms with Crippen LogP contribution in [-0.4, -0.2) is 48.3 Å². The number of benzene rings is 3. The highest BCUT2D eigenvalue weighted by molar-refractivity contribution is 7.92. The Morgan fingerprint density at radius 3 is 2.31 bits per heavy atom. The lowest BCUT2D eigenvalue weighted by molar-refractivity contribution is -0.114. The van der Waals surface area contributed by atoms with Crippen molar-refractivity contribution in [1.29, 1.82) is 0 Å². The van der Waals surface area contributed by atoms with E-state index in [1.165, 1.54) is 44.6 Å². The number of sulfonamides is 1. The van der Waals surface area contributed by atoms with Crippen LogP contribution in [0, 0.1) is 5.82 Å². The van der Waals surface area contributed by atoms with E-state index in [1.54, 1.807) is 18.2 Å². The molecule has 0 radical (unpaired) electrons. The van der Waals surface area contributed by atoms with Crippen LogP contribution in [0.2, 0.25) is 0 Å². The van der Waals surface area contributed by atoms with Crippen LogP contribution < -0.4 is 28.6 Å². The van der Waals surface area contributed by atoms with Gasteiger partial charge < -0.3 is 24.3 Å². The largest absolute Gasteiger partial charge is 0.493 e. The lowest BCUT2D eigenvalue weighted by atomic mass is 10.2. The predicted octanol–water partition coefficient (Wildman–Crippen LogP) is 3.45. The molecule has 0 unspecified atom stereocenters. The van der Waals surface area contributed by atoms with Crippen molar-refractivity contribution in [2.75, 3.05) is 43.6 Å². The third-order valence-electron chi connectivity index (χ3n) is 5.17. The second-order valence-corrected chi connectivity index (χ2v) is 9.27. The van der Waals surface area contributed by atoms with Crippen LogP contribution in [0.3, 0.4) is 0 Å². The average Bonchev–Trinajstić information content (AvgIpc) is 2.87. The van der Waals surface area contributed by atoms with Crippen LogP contribution in [0.1, 0.15) is 0 Å². The molecule has 184 valence electrons. The van der Waals surface area contributed by atoms with Crippen LogP contribution in [-0.2, 0) is 14.8 Å². The number of methoxy groups -OCH3 is 2. The number of ether oxygens (including phenoxy) is 4. The van der Waals surface area contributed by atoms with Crippen molar-refractivity contribution < 1.29 is 36.6 Å². The summed E-state index contributed by atoms with van der Waals surface area (Å²) < 4.78 is 63.0. The Bertz CT molecular complexity index is 1330. The summed E-state index contributed by atoms with van der Waals surface area (Å²) in [6.45, 7) is 0.0692. The molecular formula is C24H23FN2O7S. The van der Waals surface area contributed by atoms with Gasteiger partial charge in [-0.25, -0.2) is 12.8 Å². The lowest BCUT2D eigenvalue weighted by Crippen LogP contribution is -2.38. The van der Waals surface area contributed by atoms with E-state index in [4.69, 9.17) is 18.9 Å². The van der Waals surface area contributed by atoms with Crippen molar-refractivity contribution in [3.05, 3.63) is 66.5 Å². The van der Waals surface area contributed by atoms with Crippen LogP contribution in [0.4, 0.5) is 15.8 Å². The number of amides is 1. The first-order chi connectivity index (χ1) is 16.8. The number of nitrogens with one attached hydrogen (secondary N) is 1. The summed E-state index contributed by atoms with van der Waals surface area (Å²) in [5.74, 6) is 0.410. The Morgan fingerprint density at radius 1 is 0.943 bits per heavy atom. The molecule has 3 aromatic carbocycles. The van der Waals surface area contributed by atoms with Gasteiger partial charge in [-0.3, -0.25) is 9.10 Å². The van der Waals surface area contributed by atoms with Crippen LogP contribution >= 0.6 is 0 Å². The number of hydrogen-bond donors (Lipinski definition) is 1. The minimum absolute atomic E-state index is 0.106. The van der Waals surface area contributed by atoms with E-state index in [0.717, 1.165) is 16.4 Å². The van der Waals surface area contributed by atoms with Gasteiger partial charge >= 0.3 is 0 Å². The van der Waals surface area contributed by atoms with E-state index in [9.17, 15) is 17.6 Å². The quantitative estimate of drug-likeness (QED) is 0.503. The number of carbonyl (C=O) groups is 1. The minimum Gasteiger partial charge on any atom is -0.493 e. The monoisotopic (exact) mass is 502 g/mol. The highest BCUT2D eigenvalue weighted by Crippen LogP contribution is 2.34. The predicted molar refractivity (Wildman–Crippen MR) is 127 cm³/mol. The van der Waals surface area contributed by atoms with Crippen molar-refractivity contribution >= 4 is 27.3 Å². The molecule has 0 spiro atoms. The van der Waals surface area contributed by atoms with Crippen LogP contribution in [0.25, 0.3) is 0 Å². The first-order valence-electron chi connectivity index (χ1n) is 10.5. The highest BCUT2D eigenvalue weighted by Gasteiger charge is 2.29. The molecule has 11 heteroatoms. The molecule has 1 aliphatic rings. The van der Waals surface area contributed by atoms with Crippen molar-refractivity contribution in [3.8, 4) is 23.0 Å². The van der Waals surface area contributed by atoms with Gasteiger partial charge in [0, 0.05) is 17.8 Å². The zero-order chi connectivity index (χ0) is 25.0. The summed E-state index contributed by atoms with van der Waals surface area (Å²) in [6, 6.07) is 13.8. The van der Waals surface area contributed by atoms with Crippen molar-refractivity contribution in [3.63, 3.8) is 0 Å². The minimum atomic E-state index is -4.24. The number of carbonyl (C=O) groups excluding carboxylic acids is 1. The lowest BCUT2D eigenvalue weighted by Gasteiger charge is -2.25. The van der Waals surface area contributed by atoms with Gasteiger partial charge in [0.2, 0.25) is 5.91 Å². The first kappa shape index (κ1) is 24.1. The normalized spacial score (nSPS) is 12.5. The zero-order valence-corrected chi connectivity index (χ0v) is 19.8. The number of anilines is 2. The Hall–Kier alpha value is -3.99. The molecule has 1 heterocycles. The van der Waals surface area contributed by atoms with Gasteiger partial charge in [-0.2, -0.15) is 0 Å². The van der Waals surface area contributed by atoms with E-state index in [0.29, 0.717) is 29.5 Å². The molecule has 4 rings (SSSR count). The molecule has 0 bridgehead atoms. The van der Waals surface area contributed by atoms with Crippen molar-refractivity contribution in [1.82, 2.24) is 0 Å².